The summed E-state index contributed by atoms with van der Waals surface area (Å²) in [4.78, 5) is 14.7. The van der Waals surface area contributed by atoms with E-state index in [1.165, 1.54) is 25.9 Å². The van der Waals surface area contributed by atoms with Crippen molar-refractivity contribution >= 4 is 5.91 Å². The maximum atomic E-state index is 12.2. The summed E-state index contributed by atoms with van der Waals surface area (Å²) in [5, 5.41) is 3.02. The third kappa shape index (κ3) is 5.99. The van der Waals surface area contributed by atoms with Crippen LogP contribution in [0.4, 0.5) is 0 Å². The third-order valence-corrected chi connectivity index (χ3v) is 5.39. The molecule has 0 spiro atoms. The van der Waals surface area contributed by atoms with Crippen LogP contribution in [-0.2, 0) is 4.74 Å². The minimum atomic E-state index is -0.0112. The molecule has 0 saturated carbocycles. The first-order chi connectivity index (χ1) is 12.7. The van der Waals surface area contributed by atoms with Gasteiger partial charge >= 0.3 is 0 Å². The van der Waals surface area contributed by atoms with Gasteiger partial charge in [0, 0.05) is 18.7 Å². The van der Waals surface area contributed by atoms with Crippen LogP contribution in [0.2, 0.25) is 0 Å². The fourth-order valence-corrected chi connectivity index (χ4v) is 3.56. The van der Waals surface area contributed by atoms with Crippen molar-refractivity contribution in [2.24, 2.45) is 5.92 Å². The molecule has 3 rings (SSSR count). The average molecular weight is 360 g/mol. The van der Waals surface area contributed by atoms with Gasteiger partial charge in [-0.05, 0) is 81.9 Å². The first-order valence-corrected chi connectivity index (χ1v) is 10.1. The second-order valence-corrected chi connectivity index (χ2v) is 7.60. The Morgan fingerprint density at radius 2 is 2.00 bits per heavy atom. The molecule has 2 saturated heterocycles. The van der Waals surface area contributed by atoms with E-state index in [-0.39, 0.29) is 12.0 Å². The van der Waals surface area contributed by atoms with Crippen LogP contribution in [0.3, 0.4) is 0 Å². The standard InChI is InChI=1S/C21H32N2O3/c1-17-9-13-23(14-10-17)12-3-11-22-21(24)18-5-7-19(8-6-18)26-16-20-4-2-15-25-20/h5-8,17,20H,2-4,9-16H2,1H3,(H,22,24). The number of amides is 1. The topological polar surface area (TPSA) is 50.8 Å². The van der Waals surface area contributed by atoms with Crippen molar-refractivity contribution in [3.05, 3.63) is 29.8 Å². The van der Waals surface area contributed by atoms with Crippen molar-refractivity contribution in [3.8, 4) is 5.75 Å². The maximum Gasteiger partial charge on any atom is 0.251 e. The number of piperidine rings is 1. The molecule has 1 aromatic carbocycles. The molecule has 0 bridgehead atoms. The Kier molecular flexibility index (Phi) is 7.32. The van der Waals surface area contributed by atoms with Gasteiger partial charge in [-0.25, -0.2) is 0 Å². The fourth-order valence-electron chi connectivity index (χ4n) is 3.56. The lowest BCUT2D eigenvalue weighted by molar-refractivity contribution is 0.0679. The quantitative estimate of drug-likeness (QED) is 0.724. The van der Waals surface area contributed by atoms with E-state index >= 15 is 0 Å². The number of benzene rings is 1. The first kappa shape index (κ1) is 19.2. The fraction of sp³-hybridized carbons (Fsp3) is 0.667. The summed E-state index contributed by atoms with van der Waals surface area (Å²) >= 11 is 0. The molecule has 5 heteroatoms. The third-order valence-electron chi connectivity index (χ3n) is 5.39. The van der Waals surface area contributed by atoms with E-state index < -0.39 is 0 Å². The van der Waals surface area contributed by atoms with Crippen LogP contribution < -0.4 is 10.1 Å². The number of hydrogen-bond donors (Lipinski definition) is 1. The van der Waals surface area contributed by atoms with Crippen molar-refractivity contribution in [2.45, 2.75) is 45.1 Å². The lowest BCUT2D eigenvalue weighted by atomic mass is 9.99. The normalized spacial score (nSPS) is 21.7. The number of carbonyl (C=O) groups is 1. The van der Waals surface area contributed by atoms with Gasteiger partial charge < -0.3 is 19.7 Å². The van der Waals surface area contributed by atoms with Crippen molar-refractivity contribution in [1.82, 2.24) is 10.2 Å². The predicted octanol–water partition coefficient (Wildman–Crippen LogP) is 3.10. The molecule has 2 aliphatic rings. The Balaban J connectivity index is 1.32. The Morgan fingerprint density at radius 3 is 2.69 bits per heavy atom. The van der Waals surface area contributed by atoms with E-state index in [0.29, 0.717) is 12.2 Å². The van der Waals surface area contributed by atoms with E-state index in [4.69, 9.17) is 9.47 Å². The van der Waals surface area contributed by atoms with Crippen LogP contribution in [0.1, 0.15) is 49.4 Å². The largest absolute Gasteiger partial charge is 0.491 e. The summed E-state index contributed by atoms with van der Waals surface area (Å²) < 4.78 is 11.3. The molecule has 2 aliphatic heterocycles. The SMILES string of the molecule is CC1CCN(CCCNC(=O)c2ccc(OCC3CCCO3)cc2)CC1. The molecular formula is C21H32N2O3. The molecule has 1 N–H and O–H groups in total. The molecule has 0 aromatic heterocycles. The van der Waals surface area contributed by atoms with Gasteiger partial charge in [0.1, 0.15) is 12.4 Å². The zero-order chi connectivity index (χ0) is 18.2. The van der Waals surface area contributed by atoms with Gasteiger partial charge in [0.15, 0.2) is 0 Å². The zero-order valence-corrected chi connectivity index (χ0v) is 15.9. The summed E-state index contributed by atoms with van der Waals surface area (Å²) in [6.45, 7) is 7.94. The highest BCUT2D eigenvalue weighted by Crippen LogP contribution is 2.17. The summed E-state index contributed by atoms with van der Waals surface area (Å²) in [6, 6.07) is 7.37. The van der Waals surface area contributed by atoms with Gasteiger partial charge in [0.05, 0.1) is 6.10 Å². The second-order valence-electron chi connectivity index (χ2n) is 7.60. The maximum absolute atomic E-state index is 12.2. The van der Waals surface area contributed by atoms with Crippen molar-refractivity contribution < 1.29 is 14.3 Å². The summed E-state index contributed by atoms with van der Waals surface area (Å²) in [7, 11) is 0. The molecule has 0 aliphatic carbocycles. The van der Waals surface area contributed by atoms with Crippen LogP contribution in [0.5, 0.6) is 5.75 Å². The van der Waals surface area contributed by atoms with Crippen molar-refractivity contribution in [2.75, 3.05) is 39.4 Å². The number of ether oxygens (including phenoxy) is 2. The number of likely N-dealkylation sites (tertiary alicyclic amines) is 1. The number of carbonyl (C=O) groups excluding carboxylic acids is 1. The zero-order valence-electron chi connectivity index (χ0n) is 15.9. The molecule has 1 atom stereocenters. The monoisotopic (exact) mass is 360 g/mol. The van der Waals surface area contributed by atoms with Gasteiger partial charge in [0.2, 0.25) is 0 Å². The lowest BCUT2D eigenvalue weighted by Crippen LogP contribution is -2.35. The summed E-state index contributed by atoms with van der Waals surface area (Å²) in [5.74, 6) is 1.64. The summed E-state index contributed by atoms with van der Waals surface area (Å²) in [6.07, 6.45) is 5.99. The van der Waals surface area contributed by atoms with E-state index in [1.54, 1.807) is 0 Å². The lowest BCUT2D eigenvalue weighted by Gasteiger charge is -2.30. The Hall–Kier alpha value is -1.59. The van der Waals surface area contributed by atoms with Gasteiger partial charge in [0.25, 0.3) is 5.91 Å². The molecule has 1 unspecified atom stereocenters. The van der Waals surface area contributed by atoms with E-state index in [1.807, 2.05) is 24.3 Å². The van der Waals surface area contributed by atoms with Crippen molar-refractivity contribution in [3.63, 3.8) is 0 Å². The molecule has 0 radical (unpaired) electrons. The molecule has 2 heterocycles. The minimum Gasteiger partial charge on any atom is -0.491 e. The van der Waals surface area contributed by atoms with Crippen LogP contribution in [0.15, 0.2) is 24.3 Å². The minimum absolute atomic E-state index is 0.0112. The first-order valence-electron chi connectivity index (χ1n) is 10.1. The van der Waals surface area contributed by atoms with Crippen LogP contribution >= 0.6 is 0 Å². The Morgan fingerprint density at radius 1 is 1.23 bits per heavy atom. The Bertz CT molecular complexity index is 547. The predicted molar refractivity (Wildman–Crippen MR) is 103 cm³/mol. The molecular weight excluding hydrogens is 328 g/mol. The number of rotatable bonds is 8. The highest BCUT2D eigenvalue weighted by molar-refractivity contribution is 5.94. The Labute approximate surface area is 157 Å². The highest BCUT2D eigenvalue weighted by atomic mass is 16.5. The van der Waals surface area contributed by atoms with E-state index in [9.17, 15) is 4.79 Å². The van der Waals surface area contributed by atoms with E-state index in [2.05, 4.69) is 17.1 Å². The molecule has 5 nitrogen and oxygen atoms in total. The number of hydrogen-bond acceptors (Lipinski definition) is 4. The molecule has 1 amide bonds. The molecule has 2 fully saturated rings. The molecule has 26 heavy (non-hydrogen) atoms. The smallest absolute Gasteiger partial charge is 0.251 e. The van der Waals surface area contributed by atoms with Gasteiger partial charge in [-0.3, -0.25) is 4.79 Å². The summed E-state index contributed by atoms with van der Waals surface area (Å²) in [5.41, 5.74) is 0.682. The molecule has 144 valence electrons. The van der Waals surface area contributed by atoms with Crippen LogP contribution in [0.25, 0.3) is 0 Å². The van der Waals surface area contributed by atoms with Crippen molar-refractivity contribution in [1.29, 1.82) is 0 Å². The van der Waals surface area contributed by atoms with Crippen LogP contribution in [-0.4, -0.2) is 56.3 Å². The average Bonchev–Trinajstić information content (AvgIpc) is 3.19. The van der Waals surface area contributed by atoms with E-state index in [0.717, 1.165) is 50.6 Å². The van der Waals surface area contributed by atoms with Gasteiger partial charge in [-0.2, -0.15) is 0 Å². The second kappa shape index (κ2) is 9.93. The number of nitrogens with zero attached hydrogens (tertiary/aromatic N) is 1. The number of nitrogens with one attached hydrogen (secondary N) is 1. The highest BCUT2D eigenvalue weighted by Gasteiger charge is 2.16. The van der Waals surface area contributed by atoms with Gasteiger partial charge in [-0.15, -0.1) is 0 Å². The van der Waals surface area contributed by atoms with Gasteiger partial charge in [-0.1, -0.05) is 6.92 Å². The van der Waals surface area contributed by atoms with Crippen LogP contribution in [0, 0.1) is 5.92 Å². The molecule has 1 aromatic rings.